The van der Waals surface area contributed by atoms with E-state index in [1.807, 2.05) is 19.1 Å². The lowest BCUT2D eigenvalue weighted by molar-refractivity contribution is 0.0596. The number of hydrogen-bond acceptors (Lipinski definition) is 4. The molecule has 4 nitrogen and oxygen atoms in total. The van der Waals surface area contributed by atoms with E-state index in [0.717, 1.165) is 0 Å². The summed E-state index contributed by atoms with van der Waals surface area (Å²) in [6, 6.07) is 3.11. The molecule has 0 atom stereocenters. The van der Waals surface area contributed by atoms with Crippen LogP contribution in [0.4, 0.5) is 0 Å². The Labute approximate surface area is 100 Å². The van der Waals surface area contributed by atoms with Gasteiger partial charge in [-0.25, -0.2) is 4.79 Å². The van der Waals surface area contributed by atoms with Gasteiger partial charge in [-0.3, -0.25) is 0 Å². The van der Waals surface area contributed by atoms with E-state index >= 15 is 0 Å². The lowest BCUT2D eigenvalue weighted by Gasteiger charge is -2.10. The number of methoxy groups -OCH3 is 2. The molecule has 0 aliphatic rings. The molecule has 0 unspecified atom stereocenters. The van der Waals surface area contributed by atoms with Crippen molar-refractivity contribution in [3.63, 3.8) is 0 Å². The SMILES string of the molecule is C/C=C/Cc1cc(OC)cc(O)c1C(=O)OC. The van der Waals surface area contributed by atoms with Crippen LogP contribution in [0.25, 0.3) is 0 Å². The topological polar surface area (TPSA) is 55.8 Å². The monoisotopic (exact) mass is 236 g/mol. The van der Waals surface area contributed by atoms with Crippen LogP contribution in [0.2, 0.25) is 0 Å². The van der Waals surface area contributed by atoms with Crippen LogP contribution in [0.15, 0.2) is 24.3 Å². The zero-order valence-electron chi connectivity index (χ0n) is 10.2. The van der Waals surface area contributed by atoms with Crippen molar-refractivity contribution in [3.8, 4) is 11.5 Å². The first-order valence-electron chi connectivity index (χ1n) is 5.23. The summed E-state index contributed by atoms with van der Waals surface area (Å²) in [5, 5.41) is 9.80. The standard InChI is InChI=1S/C13H16O4/c1-4-5-6-9-7-10(16-2)8-11(14)12(9)13(15)17-3/h4-5,7-8,14H,6H2,1-3H3/b5-4+. The van der Waals surface area contributed by atoms with Gasteiger partial charge in [0.25, 0.3) is 0 Å². The number of carbonyl (C=O) groups excluding carboxylic acids is 1. The predicted molar refractivity (Wildman–Crippen MR) is 64.5 cm³/mol. The van der Waals surface area contributed by atoms with E-state index in [2.05, 4.69) is 4.74 Å². The first kappa shape index (κ1) is 13.1. The Morgan fingerprint density at radius 1 is 1.41 bits per heavy atom. The van der Waals surface area contributed by atoms with Crippen LogP contribution < -0.4 is 4.74 Å². The van der Waals surface area contributed by atoms with Gasteiger partial charge in [-0.05, 0) is 25.0 Å². The number of esters is 1. The van der Waals surface area contributed by atoms with Crippen molar-refractivity contribution in [1.29, 1.82) is 0 Å². The third-order valence-electron chi connectivity index (χ3n) is 2.37. The maximum Gasteiger partial charge on any atom is 0.341 e. The highest BCUT2D eigenvalue weighted by atomic mass is 16.5. The van der Waals surface area contributed by atoms with Gasteiger partial charge < -0.3 is 14.6 Å². The van der Waals surface area contributed by atoms with Crippen LogP contribution in [0.3, 0.4) is 0 Å². The van der Waals surface area contributed by atoms with Crippen LogP contribution in [-0.4, -0.2) is 25.3 Å². The molecule has 0 fully saturated rings. The van der Waals surface area contributed by atoms with Crippen molar-refractivity contribution in [2.75, 3.05) is 14.2 Å². The summed E-state index contributed by atoms with van der Waals surface area (Å²) in [6.45, 7) is 1.89. The third kappa shape index (κ3) is 3.00. The van der Waals surface area contributed by atoms with Gasteiger partial charge in [-0.1, -0.05) is 12.2 Å². The smallest absolute Gasteiger partial charge is 0.341 e. The van der Waals surface area contributed by atoms with E-state index < -0.39 is 5.97 Å². The molecule has 1 aromatic carbocycles. The Kier molecular flexibility index (Phi) is 4.57. The minimum absolute atomic E-state index is 0.129. The summed E-state index contributed by atoms with van der Waals surface area (Å²) >= 11 is 0. The number of hydrogen-bond donors (Lipinski definition) is 1. The van der Waals surface area contributed by atoms with E-state index in [1.54, 1.807) is 6.07 Å². The average molecular weight is 236 g/mol. The van der Waals surface area contributed by atoms with Gasteiger partial charge in [-0.15, -0.1) is 0 Å². The van der Waals surface area contributed by atoms with Gasteiger partial charge >= 0.3 is 5.97 Å². The van der Waals surface area contributed by atoms with Crippen molar-refractivity contribution in [3.05, 3.63) is 35.4 Å². The molecule has 0 spiro atoms. The highest BCUT2D eigenvalue weighted by Gasteiger charge is 2.17. The fraction of sp³-hybridized carbons (Fsp3) is 0.308. The number of phenolic OH excluding ortho intramolecular Hbond substituents is 1. The minimum Gasteiger partial charge on any atom is -0.507 e. The second kappa shape index (κ2) is 5.94. The molecule has 92 valence electrons. The molecule has 0 saturated heterocycles. The summed E-state index contributed by atoms with van der Waals surface area (Å²) in [5.41, 5.74) is 0.859. The molecule has 1 rings (SSSR count). The van der Waals surface area contributed by atoms with Crippen molar-refractivity contribution >= 4 is 5.97 Å². The fourth-order valence-corrected chi connectivity index (χ4v) is 1.52. The second-order valence-electron chi connectivity index (χ2n) is 3.45. The summed E-state index contributed by atoms with van der Waals surface area (Å²) in [7, 11) is 2.79. The minimum atomic E-state index is -0.551. The summed E-state index contributed by atoms with van der Waals surface area (Å²) in [6.07, 6.45) is 4.30. The molecule has 0 aromatic heterocycles. The Morgan fingerprint density at radius 2 is 2.12 bits per heavy atom. The van der Waals surface area contributed by atoms with Crippen molar-refractivity contribution in [2.45, 2.75) is 13.3 Å². The second-order valence-corrected chi connectivity index (χ2v) is 3.45. The van der Waals surface area contributed by atoms with E-state index in [9.17, 15) is 9.90 Å². The fourth-order valence-electron chi connectivity index (χ4n) is 1.52. The predicted octanol–water partition coefficient (Wildman–Crippen LogP) is 2.31. The normalized spacial score (nSPS) is 10.5. The highest BCUT2D eigenvalue weighted by molar-refractivity contribution is 5.94. The Balaban J connectivity index is 3.28. The number of allylic oxidation sites excluding steroid dienone is 2. The number of carbonyl (C=O) groups is 1. The Morgan fingerprint density at radius 3 is 2.65 bits per heavy atom. The van der Waals surface area contributed by atoms with E-state index in [0.29, 0.717) is 17.7 Å². The van der Waals surface area contributed by atoms with Crippen molar-refractivity contribution < 1.29 is 19.4 Å². The molecule has 0 radical (unpaired) electrons. The van der Waals surface area contributed by atoms with Crippen molar-refractivity contribution in [2.24, 2.45) is 0 Å². The van der Waals surface area contributed by atoms with Gasteiger partial charge in [0, 0.05) is 6.07 Å². The number of ether oxygens (including phenoxy) is 2. The lowest BCUT2D eigenvalue weighted by atomic mass is 10.0. The molecule has 0 bridgehead atoms. The molecule has 0 aliphatic heterocycles. The molecule has 0 heterocycles. The van der Waals surface area contributed by atoms with E-state index in [4.69, 9.17) is 4.74 Å². The number of aromatic hydroxyl groups is 1. The summed E-state index contributed by atoms with van der Waals surface area (Å²) < 4.78 is 9.70. The molecule has 0 amide bonds. The van der Waals surface area contributed by atoms with E-state index in [1.165, 1.54) is 20.3 Å². The molecule has 0 saturated carbocycles. The highest BCUT2D eigenvalue weighted by Crippen LogP contribution is 2.29. The van der Waals surface area contributed by atoms with Gasteiger partial charge in [0.1, 0.15) is 17.1 Å². The van der Waals surface area contributed by atoms with Gasteiger partial charge in [-0.2, -0.15) is 0 Å². The van der Waals surface area contributed by atoms with Crippen LogP contribution in [0, 0.1) is 0 Å². The Bertz CT molecular complexity index is 435. The molecule has 1 aromatic rings. The quantitative estimate of drug-likeness (QED) is 0.643. The molecule has 17 heavy (non-hydrogen) atoms. The number of phenols is 1. The maximum absolute atomic E-state index is 11.6. The largest absolute Gasteiger partial charge is 0.507 e. The van der Waals surface area contributed by atoms with Crippen LogP contribution in [-0.2, 0) is 11.2 Å². The van der Waals surface area contributed by atoms with Crippen molar-refractivity contribution in [1.82, 2.24) is 0 Å². The van der Waals surface area contributed by atoms with Crippen LogP contribution in [0.1, 0.15) is 22.8 Å². The molecule has 0 aliphatic carbocycles. The molecule has 4 heteroatoms. The molecular weight excluding hydrogens is 220 g/mol. The zero-order valence-corrected chi connectivity index (χ0v) is 10.2. The van der Waals surface area contributed by atoms with Gasteiger partial charge in [0.2, 0.25) is 0 Å². The average Bonchev–Trinajstić information content (AvgIpc) is 2.34. The zero-order chi connectivity index (χ0) is 12.8. The number of benzene rings is 1. The first-order chi connectivity index (χ1) is 8.13. The molecular formula is C13H16O4. The maximum atomic E-state index is 11.6. The molecule has 1 N–H and O–H groups in total. The summed E-state index contributed by atoms with van der Waals surface area (Å²) in [4.78, 5) is 11.6. The third-order valence-corrected chi connectivity index (χ3v) is 2.37. The number of rotatable bonds is 4. The first-order valence-corrected chi connectivity index (χ1v) is 5.23. The Hall–Kier alpha value is -1.97. The van der Waals surface area contributed by atoms with Gasteiger partial charge in [0.15, 0.2) is 0 Å². The van der Waals surface area contributed by atoms with Gasteiger partial charge in [0.05, 0.1) is 14.2 Å². The van der Waals surface area contributed by atoms with Crippen LogP contribution >= 0.6 is 0 Å². The van der Waals surface area contributed by atoms with E-state index in [-0.39, 0.29) is 11.3 Å². The lowest BCUT2D eigenvalue weighted by Crippen LogP contribution is -2.06. The van der Waals surface area contributed by atoms with Crippen LogP contribution in [0.5, 0.6) is 11.5 Å². The summed E-state index contributed by atoms with van der Waals surface area (Å²) in [5.74, 6) is -0.171.